The van der Waals surface area contributed by atoms with Crippen LogP contribution >= 0.6 is 0 Å². The van der Waals surface area contributed by atoms with E-state index in [1.165, 1.54) is 19.2 Å². The van der Waals surface area contributed by atoms with Crippen LogP contribution in [-0.4, -0.2) is 19.1 Å². The monoisotopic (exact) mass is 261 g/mol. The molecule has 0 spiro atoms. The topological polar surface area (TPSA) is 52.3 Å². The van der Waals surface area contributed by atoms with E-state index in [0.29, 0.717) is 18.4 Å². The van der Waals surface area contributed by atoms with Gasteiger partial charge in [-0.05, 0) is 30.5 Å². The van der Waals surface area contributed by atoms with Crippen LogP contribution in [0.4, 0.5) is 13.2 Å². The molecule has 0 saturated heterocycles. The molecule has 0 radical (unpaired) electrons. The zero-order valence-corrected chi connectivity index (χ0v) is 9.83. The van der Waals surface area contributed by atoms with Crippen molar-refractivity contribution in [1.29, 1.82) is 0 Å². The van der Waals surface area contributed by atoms with Crippen LogP contribution in [0.3, 0.4) is 0 Å². The van der Waals surface area contributed by atoms with Crippen molar-refractivity contribution in [3.63, 3.8) is 0 Å². The van der Waals surface area contributed by atoms with Crippen LogP contribution < -0.4 is 5.73 Å². The molecule has 0 fully saturated rings. The van der Waals surface area contributed by atoms with Crippen molar-refractivity contribution < 1.29 is 22.7 Å². The molecular weight excluding hydrogens is 247 g/mol. The molecule has 3 nitrogen and oxygen atoms in total. The molecule has 1 aromatic rings. The van der Waals surface area contributed by atoms with Crippen LogP contribution in [0.1, 0.15) is 17.5 Å². The maximum absolute atomic E-state index is 12.3. The maximum atomic E-state index is 12.3. The quantitative estimate of drug-likeness (QED) is 0.845. The fourth-order valence-corrected chi connectivity index (χ4v) is 1.45. The van der Waals surface area contributed by atoms with Crippen LogP contribution in [0.25, 0.3) is 0 Å². The van der Waals surface area contributed by atoms with Crippen LogP contribution in [0.2, 0.25) is 0 Å². The number of alkyl halides is 3. The lowest BCUT2D eigenvalue weighted by molar-refractivity contribution is -0.142. The molecule has 0 amide bonds. The predicted octanol–water partition coefficient (Wildman–Crippen LogP) is 2.14. The number of esters is 1. The summed E-state index contributed by atoms with van der Waals surface area (Å²) in [6.07, 6.45) is -3.58. The zero-order chi connectivity index (χ0) is 13.8. The number of hydrogen-bond donors (Lipinski definition) is 1. The Kier molecular flexibility index (Phi) is 4.72. The normalized spacial score (nSPS) is 13.2. The van der Waals surface area contributed by atoms with Crippen molar-refractivity contribution in [2.45, 2.75) is 25.1 Å². The summed E-state index contributed by atoms with van der Waals surface area (Å²) in [6.45, 7) is 0. The summed E-state index contributed by atoms with van der Waals surface area (Å²) >= 11 is 0. The number of ether oxygens (including phenoxy) is 1. The van der Waals surface area contributed by atoms with E-state index in [9.17, 15) is 18.0 Å². The Labute approximate surface area is 103 Å². The molecule has 0 saturated carbocycles. The van der Waals surface area contributed by atoms with Gasteiger partial charge in [-0.3, -0.25) is 4.79 Å². The van der Waals surface area contributed by atoms with Gasteiger partial charge in [0.2, 0.25) is 0 Å². The molecule has 0 heterocycles. The van der Waals surface area contributed by atoms with Gasteiger partial charge in [0.05, 0.1) is 12.7 Å². The number of carbonyl (C=O) groups excluding carboxylic acids is 1. The SMILES string of the molecule is COC(=O)C(N)CCc1ccc(C(F)(F)F)cc1. The third-order valence-electron chi connectivity index (χ3n) is 2.53. The largest absolute Gasteiger partial charge is 0.468 e. The molecule has 1 unspecified atom stereocenters. The van der Waals surface area contributed by atoms with Crippen molar-refractivity contribution in [1.82, 2.24) is 0 Å². The third-order valence-corrected chi connectivity index (χ3v) is 2.53. The summed E-state index contributed by atoms with van der Waals surface area (Å²) < 4.78 is 41.4. The highest BCUT2D eigenvalue weighted by atomic mass is 19.4. The van der Waals surface area contributed by atoms with Gasteiger partial charge < -0.3 is 10.5 Å². The zero-order valence-electron chi connectivity index (χ0n) is 9.83. The van der Waals surface area contributed by atoms with Gasteiger partial charge in [-0.15, -0.1) is 0 Å². The predicted molar refractivity (Wildman–Crippen MR) is 59.8 cm³/mol. The van der Waals surface area contributed by atoms with Crippen molar-refractivity contribution >= 4 is 5.97 Å². The van der Waals surface area contributed by atoms with Gasteiger partial charge >= 0.3 is 12.1 Å². The minimum atomic E-state index is -4.33. The molecule has 1 atom stereocenters. The summed E-state index contributed by atoms with van der Waals surface area (Å²) in [6, 6.07) is 4.04. The molecule has 2 N–H and O–H groups in total. The second-order valence-corrected chi connectivity index (χ2v) is 3.86. The first-order valence-corrected chi connectivity index (χ1v) is 5.34. The summed E-state index contributed by atoms with van der Waals surface area (Å²) in [5, 5.41) is 0. The number of methoxy groups -OCH3 is 1. The number of rotatable bonds is 4. The fraction of sp³-hybridized carbons (Fsp3) is 0.417. The maximum Gasteiger partial charge on any atom is 0.416 e. The molecule has 0 aliphatic heterocycles. The van der Waals surface area contributed by atoms with Gasteiger partial charge in [-0.25, -0.2) is 0 Å². The smallest absolute Gasteiger partial charge is 0.416 e. The molecule has 100 valence electrons. The van der Waals surface area contributed by atoms with Crippen LogP contribution in [0.15, 0.2) is 24.3 Å². The van der Waals surface area contributed by atoms with Gasteiger partial charge in [0.1, 0.15) is 6.04 Å². The first-order chi connectivity index (χ1) is 8.34. The summed E-state index contributed by atoms with van der Waals surface area (Å²) in [7, 11) is 1.24. The van der Waals surface area contributed by atoms with Gasteiger partial charge in [0.15, 0.2) is 0 Å². The lowest BCUT2D eigenvalue weighted by Crippen LogP contribution is -2.31. The van der Waals surface area contributed by atoms with Crippen molar-refractivity contribution in [2.75, 3.05) is 7.11 Å². The Bertz CT molecular complexity index is 401. The highest BCUT2D eigenvalue weighted by Gasteiger charge is 2.29. The first kappa shape index (κ1) is 14.5. The van der Waals surface area contributed by atoms with Crippen molar-refractivity contribution in [2.24, 2.45) is 5.73 Å². The minimum absolute atomic E-state index is 0.331. The van der Waals surface area contributed by atoms with Gasteiger partial charge in [-0.1, -0.05) is 12.1 Å². The van der Waals surface area contributed by atoms with E-state index in [4.69, 9.17) is 5.73 Å². The number of carbonyl (C=O) groups is 1. The highest BCUT2D eigenvalue weighted by molar-refractivity contribution is 5.75. The van der Waals surface area contributed by atoms with E-state index < -0.39 is 23.8 Å². The number of hydrogen-bond acceptors (Lipinski definition) is 3. The van der Waals surface area contributed by atoms with Crippen molar-refractivity contribution in [3.05, 3.63) is 35.4 Å². The van der Waals surface area contributed by atoms with Crippen LogP contribution in [-0.2, 0) is 22.1 Å². The van der Waals surface area contributed by atoms with E-state index in [1.807, 2.05) is 0 Å². The molecule has 0 aromatic heterocycles. The van der Waals surface area contributed by atoms with Gasteiger partial charge in [0.25, 0.3) is 0 Å². The van der Waals surface area contributed by atoms with Crippen LogP contribution in [0.5, 0.6) is 0 Å². The van der Waals surface area contributed by atoms with Gasteiger partial charge in [-0.2, -0.15) is 13.2 Å². The lowest BCUT2D eigenvalue weighted by Gasteiger charge is -2.10. The minimum Gasteiger partial charge on any atom is -0.468 e. The van der Waals surface area contributed by atoms with Gasteiger partial charge in [0, 0.05) is 0 Å². The second-order valence-electron chi connectivity index (χ2n) is 3.86. The lowest BCUT2D eigenvalue weighted by atomic mass is 10.0. The number of benzene rings is 1. The Morgan fingerprint density at radius 2 is 1.89 bits per heavy atom. The molecule has 6 heteroatoms. The van der Waals surface area contributed by atoms with E-state index in [0.717, 1.165) is 12.1 Å². The second kappa shape index (κ2) is 5.86. The Hall–Kier alpha value is -1.56. The standard InChI is InChI=1S/C12H14F3NO2/c1-18-11(17)10(16)7-4-8-2-5-9(6-3-8)12(13,14)15/h2-3,5-6,10H,4,7,16H2,1H3. The van der Waals surface area contributed by atoms with E-state index in [1.54, 1.807) is 0 Å². The highest BCUT2D eigenvalue weighted by Crippen LogP contribution is 2.29. The molecule has 0 bridgehead atoms. The Morgan fingerprint density at radius 3 is 2.33 bits per heavy atom. The molecule has 1 rings (SSSR count). The fourth-order valence-electron chi connectivity index (χ4n) is 1.45. The molecule has 1 aromatic carbocycles. The molecule has 18 heavy (non-hydrogen) atoms. The number of aryl methyl sites for hydroxylation is 1. The van der Waals surface area contributed by atoms with E-state index in [-0.39, 0.29) is 0 Å². The average molecular weight is 261 g/mol. The Balaban J connectivity index is 2.57. The van der Waals surface area contributed by atoms with E-state index in [2.05, 4.69) is 4.74 Å². The summed E-state index contributed by atoms with van der Waals surface area (Å²) in [5.41, 5.74) is 5.53. The van der Waals surface area contributed by atoms with Crippen molar-refractivity contribution in [3.8, 4) is 0 Å². The molecule has 0 aliphatic rings. The number of nitrogens with two attached hydrogens (primary N) is 1. The van der Waals surface area contributed by atoms with E-state index >= 15 is 0 Å². The third kappa shape index (κ3) is 4.03. The molecule has 0 aliphatic carbocycles. The Morgan fingerprint density at radius 1 is 1.33 bits per heavy atom. The molecular formula is C12H14F3NO2. The summed E-state index contributed by atoms with van der Waals surface area (Å²) in [5.74, 6) is -0.526. The first-order valence-electron chi connectivity index (χ1n) is 5.34. The summed E-state index contributed by atoms with van der Waals surface area (Å²) in [4.78, 5) is 11.0. The van der Waals surface area contributed by atoms with Crippen LogP contribution in [0, 0.1) is 0 Å². The average Bonchev–Trinajstić information content (AvgIpc) is 2.34. The number of halogens is 3.